The summed E-state index contributed by atoms with van der Waals surface area (Å²) < 4.78 is 5.67. The van der Waals surface area contributed by atoms with E-state index < -0.39 is 0 Å². The molecule has 1 rings (SSSR count). The van der Waals surface area contributed by atoms with Crippen molar-refractivity contribution in [2.75, 3.05) is 13.7 Å². The quantitative estimate of drug-likeness (QED) is 0.841. The predicted molar refractivity (Wildman–Crippen MR) is 64.2 cm³/mol. The van der Waals surface area contributed by atoms with Crippen LogP contribution in [0.15, 0.2) is 6.20 Å². The molecule has 0 fully saturated rings. The molecule has 0 spiro atoms. The van der Waals surface area contributed by atoms with E-state index in [0.717, 1.165) is 5.01 Å². The molecular formula is C11H20N2OS. The van der Waals surface area contributed by atoms with Crippen LogP contribution in [-0.2, 0) is 10.3 Å². The van der Waals surface area contributed by atoms with E-state index in [1.54, 1.807) is 11.3 Å². The van der Waals surface area contributed by atoms with E-state index in [9.17, 15) is 0 Å². The molecular weight excluding hydrogens is 208 g/mol. The fourth-order valence-corrected chi connectivity index (χ4v) is 2.36. The van der Waals surface area contributed by atoms with Gasteiger partial charge in [-0.05, 0) is 34.7 Å². The Morgan fingerprint density at radius 3 is 2.80 bits per heavy atom. The predicted octanol–water partition coefficient (Wildman–Crippen LogP) is 2.70. The van der Waals surface area contributed by atoms with Crippen LogP contribution in [0.1, 0.15) is 43.6 Å². The monoisotopic (exact) mass is 228 g/mol. The van der Waals surface area contributed by atoms with Crippen molar-refractivity contribution in [2.24, 2.45) is 0 Å². The SMILES string of the molecule is CCOC(C)(C)c1ncc(C(C)NC)s1. The third kappa shape index (κ3) is 3.00. The van der Waals surface area contributed by atoms with Gasteiger partial charge in [0.15, 0.2) is 0 Å². The molecule has 0 bridgehead atoms. The van der Waals surface area contributed by atoms with Crippen LogP contribution in [0, 0.1) is 0 Å². The molecule has 0 aliphatic carbocycles. The molecule has 0 saturated heterocycles. The largest absolute Gasteiger partial charge is 0.369 e. The van der Waals surface area contributed by atoms with E-state index in [1.807, 2.05) is 20.2 Å². The minimum absolute atomic E-state index is 0.273. The van der Waals surface area contributed by atoms with Crippen molar-refractivity contribution in [1.29, 1.82) is 0 Å². The standard InChI is InChI=1S/C11H20N2OS/c1-6-14-11(3,4)10-13-7-9(15-10)8(2)12-5/h7-8,12H,6H2,1-5H3. The topological polar surface area (TPSA) is 34.1 Å². The summed E-state index contributed by atoms with van der Waals surface area (Å²) >= 11 is 1.71. The zero-order valence-electron chi connectivity index (χ0n) is 10.1. The smallest absolute Gasteiger partial charge is 0.124 e. The van der Waals surface area contributed by atoms with Gasteiger partial charge in [0.2, 0.25) is 0 Å². The Morgan fingerprint density at radius 1 is 1.60 bits per heavy atom. The molecule has 0 aliphatic heterocycles. The Labute approximate surface area is 95.9 Å². The zero-order chi connectivity index (χ0) is 11.5. The van der Waals surface area contributed by atoms with Gasteiger partial charge < -0.3 is 10.1 Å². The second-order valence-corrected chi connectivity index (χ2v) is 5.08. The summed E-state index contributed by atoms with van der Waals surface area (Å²) in [4.78, 5) is 5.68. The summed E-state index contributed by atoms with van der Waals surface area (Å²) in [6.45, 7) is 8.97. The molecule has 0 saturated carbocycles. The van der Waals surface area contributed by atoms with Crippen molar-refractivity contribution in [1.82, 2.24) is 10.3 Å². The zero-order valence-corrected chi connectivity index (χ0v) is 10.9. The van der Waals surface area contributed by atoms with Gasteiger partial charge in [0, 0.05) is 23.7 Å². The van der Waals surface area contributed by atoms with Gasteiger partial charge in [0.25, 0.3) is 0 Å². The lowest BCUT2D eigenvalue weighted by Crippen LogP contribution is -2.21. The van der Waals surface area contributed by atoms with Gasteiger partial charge in [0.05, 0.1) is 0 Å². The van der Waals surface area contributed by atoms with Gasteiger partial charge in [-0.3, -0.25) is 0 Å². The first-order valence-corrected chi connectivity index (χ1v) is 6.10. The molecule has 1 heterocycles. The average Bonchev–Trinajstić information content (AvgIpc) is 2.66. The molecule has 0 amide bonds. The lowest BCUT2D eigenvalue weighted by atomic mass is 10.1. The molecule has 1 aromatic heterocycles. The molecule has 4 heteroatoms. The van der Waals surface area contributed by atoms with Gasteiger partial charge in [-0.1, -0.05) is 0 Å². The third-order valence-electron chi connectivity index (χ3n) is 2.40. The minimum atomic E-state index is -0.273. The van der Waals surface area contributed by atoms with Crippen LogP contribution in [0.25, 0.3) is 0 Å². The number of aromatic nitrogens is 1. The number of nitrogens with one attached hydrogen (secondary N) is 1. The van der Waals surface area contributed by atoms with Gasteiger partial charge in [0.1, 0.15) is 10.6 Å². The van der Waals surface area contributed by atoms with E-state index in [0.29, 0.717) is 12.6 Å². The average molecular weight is 228 g/mol. The lowest BCUT2D eigenvalue weighted by Gasteiger charge is -2.21. The summed E-state index contributed by atoms with van der Waals surface area (Å²) in [6.07, 6.45) is 1.93. The highest BCUT2D eigenvalue weighted by Crippen LogP contribution is 2.30. The van der Waals surface area contributed by atoms with E-state index in [2.05, 4.69) is 31.1 Å². The molecule has 0 aliphatic rings. The lowest BCUT2D eigenvalue weighted by molar-refractivity contribution is -0.0141. The normalized spacial score (nSPS) is 14.2. The van der Waals surface area contributed by atoms with Crippen LogP contribution in [0.4, 0.5) is 0 Å². The van der Waals surface area contributed by atoms with E-state index in [1.165, 1.54) is 4.88 Å². The number of rotatable bonds is 5. The van der Waals surface area contributed by atoms with Gasteiger partial charge in [-0.2, -0.15) is 0 Å². The fourth-order valence-electron chi connectivity index (χ4n) is 1.33. The molecule has 0 aromatic carbocycles. The molecule has 86 valence electrons. The number of nitrogens with zero attached hydrogens (tertiary/aromatic N) is 1. The Hall–Kier alpha value is -0.450. The van der Waals surface area contributed by atoms with Gasteiger partial charge in [-0.15, -0.1) is 11.3 Å². The van der Waals surface area contributed by atoms with Crippen LogP contribution in [0.3, 0.4) is 0 Å². The number of hydrogen-bond donors (Lipinski definition) is 1. The summed E-state index contributed by atoms with van der Waals surface area (Å²) in [5.41, 5.74) is -0.273. The summed E-state index contributed by atoms with van der Waals surface area (Å²) in [6, 6.07) is 0.355. The molecule has 3 nitrogen and oxygen atoms in total. The van der Waals surface area contributed by atoms with Crippen molar-refractivity contribution >= 4 is 11.3 Å². The third-order valence-corrected chi connectivity index (χ3v) is 3.89. The number of thiazole rings is 1. The summed E-state index contributed by atoms with van der Waals surface area (Å²) in [5.74, 6) is 0. The number of hydrogen-bond acceptors (Lipinski definition) is 4. The van der Waals surface area contributed by atoms with Crippen molar-refractivity contribution in [3.8, 4) is 0 Å². The first-order chi connectivity index (χ1) is 7.01. The van der Waals surface area contributed by atoms with Crippen molar-refractivity contribution in [3.63, 3.8) is 0 Å². The van der Waals surface area contributed by atoms with Crippen molar-refractivity contribution in [3.05, 3.63) is 16.1 Å². The number of ether oxygens (including phenoxy) is 1. The highest BCUT2D eigenvalue weighted by molar-refractivity contribution is 7.11. The minimum Gasteiger partial charge on any atom is -0.369 e. The van der Waals surface area contributed by atoms with Crippen LogP contribution in [-0.4, -0.2) is 18.6 Å². The highest BCUT2D eigenvalue weighted by atomic mass is 32.1. The van der Waals surface area contributed by atoms with E-state index >= 15 is 0 Å². The molecule has 1 aromatic rings. The maximum Gasteiger partial charge on any atom is 0.124 e. The highest BCUT2D eigenvalue weighted by Gasteiger charge is 2.25. The van der Waals surface area contributed by atoms with Gasteiger partial charge in [-0.25, -0.2) is 4.98 Å². The fraction of sp³-hybridized carbons (Fsp3) is 0.727. The Bertz CT molecular complexity index is 309. The van der Waals surface area contributed by atoms with Crippen LogP contribution >= 0.6 is 11.3 Å². The second kappa shape index (κ2) is 5.05. The molecule has 1 atom stereocenters. The Morgan fingerprint density at radius 2 is 2.27 bits per heavy atom. The van der Waals surface area contributed by atoms with Crippen LogP contribution in [0.5, 0.6) is 0 Å². The van der Waals surface area contributed by atoms with E-state index in [-0.39, 0.29) is 5.60 Å². The maximum absolute atomic E-state index is 5.67. The van der Waals surface area contributed by atoms with Crippen molar-refractivity contribution < 1.29 is 4.74 Å². The molecule has 1 N–H and O–H groups in total. The Kier molecular flexibility index (Phi) is 4.25. The van der Waals surface area contributed by atoms with E-state index in [4.69, 9.17) is 4.74 Å². The molecule has 15 heavy (non-hydrogen) atoms. The van der Waals surface area contributed by atoms with Crippen LogP contribution < -0.4 is 5.32 Å². The van der Waals surface area contributed by atoms with Crippen molar-refractivity contribution in [2.45, 2.75) is 39.3 Å². The molecule has 1 unspecified atom stereocenters. The Balaban J connectivity index is 2.83. The summed E-state index contributed by atoms with van der Waals surface area (Å²) in [7, 11) is 1.96. The van der Waals surface area contributed by atoms with Crippen LogP contribution in [0.2, 0.25) is 0 Å². The van der Waals surface area contributed by atoms with Gasteiger partial charge >= 0.3 is 0 Å². The molecule has 0 radical (unpaired) electrons. The second-order valence-electron chi connectivity index (χ2n) is 4.02. The summed E-state index contributed by atoms with van der Waals surface area (Å²) in [5, 5.41) is 4.25. The first-order valence-electron chi connectivity index (χ1n) is 5.28. The maximum atomic E-state index is 5.67. The first kappa shape index (κ1) is 12.6.